The van der Waals surface area contributed by atoms with Crippen LogP contribution >= 0.6 is 0 Å². The summed E-state index contributed by atoms with van der Waals surface area (Å²) in [5, 5.41) is 9.72. The Morgan fingerprint density at radius 3 is 2.62 bits per heavy atom. The number of rotatable bonds is 5. The number of aromatic nitrogens is 3. The quantitative estimate of drug-likeness (QED) is 0.681. The molecule has 3 aromatic rings. The maximum atomic E-state index is 13.2. The summed E-state index contributed by atoms with van der Waals surface area (Å²) in [5.41, 5.74) is 5.81. The summed E-state index contributed by atoms with van der Waals surface area (Å²) in [6.45, 7) is 1.27. The molecule has 1 amide bonds. The molecule has 0 aromatic carbocycles. The minimum Gasteiger partial charge on any atom is -0.368 e. The average Bonchev–Trinajstić information content (AvgIpc) is 3.08. The van der Waals surface area contributed by atoms with Crippen molar-refractivity contribution in [3.63, 3.8) is 0 Å². The number of halogens is 3. The molecule has 0 saturated carbocycles. The van der Waals surface area contributed by atoms with Crippen LogP contribution in [0.2, 0.25) is 0 Å². The summed E-state index contributed by atoms with van der Waals surface area (Å²) in [7, 11) is 0. The van der Waals surface area contributed by atoms with Crippen LogP contribution in [0.4, 0.5) is 18.9 Å². The van der Waals surface area contributed by atoms with Crippen LogP contribution in [-0.2, 0) is 4.79 Å². The third-order valence-electron chi connectivity index (χ3n) is 4.62. The molecule has 0 saturated heterocycles. The van der Waals surface area contributed by atoms with Gasteiger partial charge in [0.25, 0.3) is 0 Å². The zero-order valence-corrected chi connectivity index (χ0v) is 15.6. The molecule has 150 valence electrons. The van der Waals surface area contributed by atoms with Gasteiger partial charge in [0, 0.05) is 35.1 Å². The summed E-state index contributed by atoms with van der Waals surface area (Å²) in [4.78, 5) is 23.9. The number of nitrogens with zero attached hydrogens (tertiary/aromatic N) is 4. The van der Waals surface area contributed by atoms with E-state index < -0.39 is 24.2 Å². The normalized spacial score (nSPS) is 12.0. The molecule has 3 aromatic heterocycles. The molecule has 0 aliphatic carbocycles. The number of carbonyl (C=O) groups excluding carboxylic acids is 1. The number of carbonyl (C=O) groups is 1. The van der Waals surface area contributed by atoms with E-state index in [0.29, 0.717) is 27.7 Å². The molecule has 7 nitrogen and oxygen atoms in total. The van der Waals surface area contributed by atoms with Gasteiger partial charge in [-0.1, -0.05) is 0 Å². The van der Waals surface area contributed by atoms with Crippen molar-refractivity contribution in [2.75, 3.05) is 11.4 Å². The number of amides is 1. The number of hydrogen-bond acceptors (Lipinski definition) is 5. The lowest BCUT2D eigenvalue weighted by molar-refractivity contribution is -0.129. The van der Waals surface area contributed by atoms with Crippen molar-refractivity contribution in [1.82, 2.24) is 15.0 Å². The van der Waals surface area contributed by atoms with Gasteiger partial charge in [-0.3, -0.25) is 9.78 Å². The highest BCUT2D eigenvalue weighted by molar-refractivity contribution is 5.95. The van der Waals surface area contributed by atoms with Crippen LogP contribution in [0, 0.1) is 11.3 Å². The lowest BCUT2D eigenvalue weighted by atomic mass is 10.00. The Kier molecular flexibility index (Phi) is 4.92. The van der Waals surface area contributed by atoms with Crippen LogP contribution in [0.5, 0.6) is 0 Å². The van der Waals surface area contributed by atoms with Crippen LogP contribution in [0.1, 0.15) is 19.4 Å². The van der Waals surface area contributed by atoms with Gasteiger partial charge in [0.05, 0.1) is 17.4 Å². The molecule has 0 atom stereocenters. The Labute approximate surface area is 164 Å². The van der Waals surface area contributed by atoms with E-state index in [-0.39, 0.29) is 5.69 Å². The third-order valence-corrected chi connectivity index (χ3v) is 4.62. The smallest absolute Gasteiger partial charge is 0.368 e. The van der Waals surface area contributed by atoms with Crippen molar-refractivity contribution in [3.05, 3.63) is 42.5 Å². The molecule has 0 aliphatic rings. The van der Waals surface area contributed by atoms with Gasteiger partial charge in [-0.2, -0.15) is 18.4 Å². The zero-order valence-electron chi connectivity index (χ0n) is 15.6. The standard InChI is InChI=1S/C19H17F3N6O/c1-18(2,17(24)29)28(10-19(20,21)22)13-4-12(7-25-8-13)15-9-27-16-14(15)3-11(5-23)6-26-16/h3-4,6-9H,10H2,1-2H3,(H2,24,29)(H,26,27). The second-order valence-electron chi connectivity index (χ2n) is 6.99. The lowest BCUT2D eigenvalue weighted by Crippen LogP contribution is -2.56. The Balaban J connectivity index is 2.12. The van der Waals surface area contributed by atoms with Gasteiger partial charge in [-0.05, 0) is 26.0 Å². The molecular weight excluding hydrogens is 385 g/mol. The summed E-state index contributed by atoms with van der Waals surface area (Å²) < 4.78 is 39.6. The van der Waals surface area contributed by atoms with Gasteiger partial charge in [-0.15, -0.1) is 0 Å². The number of alkyl halides is 3. The molecular formula is C19H17F3N6O. The molecule has 3 heterocycles. The topological polar surface area (TPSA) is 112 Å². The van der Waals surface area contributed by atoms with Gasteiger partial charge >= 0.3 is 6.18 Å². The molecule has 3 rings (SSSR count). The number of primary amides is 1. The van der Waals surface area contributed by atoms with Gasteiger partial charge in [-0.25, -0.2) is 4.98 Å². The second kappa shape index (κ2) is 7.09. The van der Waals surface area contributed by atoms with E-state index in [1.54, 1.807) is 12.3 Å². The van der Waals surface area contributed by atoms with E-state index >= 15 is 0 Å². The van der Waals surface area contributed by atoms with Crippen molar-refractivity contribution >= 4 is 22.6 Å². The van der Waals surface area contributed by atoms with Crippen LogP contribution in [0.15, 0.2) is 36.9 Å². The zero-order chi connectivity index (χ0) is 21.4. The summed E-state index contributed by atoms with van der Waals surface area (Å²) in [6.07, 6.45) is 1.21. The van der Waals surface area contributed by atoms with Crippen molar-refractivity contribution < 1.29 is 18.0 Å². The van der Waals surface area contributed by atoms with Gasteiger partial charge in [0.2, 0.25) is 5.91 Å². The van der Waals surface area contributed by atoms with E-state index in [1.807, 2.05) is 6.07 Å². The highest BCUT2D eigenvalue weighted by atomic mass is 19.4. The van der Waals surface area contributed by atoms with Crippen LogP contribution in [-0.4, -0.2) is 39.1 Å². The first-order chi connectivity index (χ1) is 13.5. The number of nitriles is 1. The Morgan fingerprint density at radius 1 is 1.28 bits per heavy atom. The molecule has 0 fully saturated rings. The number of nitrogens with two attached hydrogens (primary N) is 1. The third kappa shape index (κ3) is 3.99. The Hall–Kier alpha value is -3.61. The fourth-order valence-corrected chi connectivity index (χ4v) is 2.95. The lowest BCUT2D eigenvalue weighted by Gasteiger charge is -2.38. The molecule has 0 radical (unpaired) electrons. The fourth-order valence-electron chi connectivity index (χ4n) is 2.95. The molecule has 0 unspecified atom stereocenters. The number of pyridine rings is 2. The monoisotopic (exact) mass is 402 g/mol. The SMILES string of the molecule is CC(C)(C(N)=O)N(CC(F)(F)F)c1cncc(-c2c[nH]c3ncc(C#N)cc23)c1. The Morgan fingerprint density at radius 2 is 2.00 bits per heavy atom. The van der Waals surface area contributed by atoms with Crippen molar-refractivity contribution in [3.8, 4) is 17.2 Å². The Bertz CT molecular complexity index is 1110. The maximum absolute atomic E-state index is 13.2. The molecule has 29 heavy (non-hydrogen) atoms. The van der Waals surface area contributed by atoms with Crippen LogP contribution in [0.25, 0.3) is 22.2 Å². The summed E-state index contributed by atoms with van der Waals surface area (Å²) in [5.74, 6) is -0.901. The van der Waals surface area contributed by atoms with Crippen molar-refractivity contribution in [2.45, 2.75) is 25.6 Å². The van der Waals surface area contributed by atoms with Crippen molar-refractivity contribution in [1.29, 1.82) is 5.26 Å². The van der Waals surface area contributed by atoms with Gasteiger partial charge in [0.1, 0.15) is 23.8 Å². The second-order valence-corrected chi connectivity index (χ2v) is 6.99. The maximum Gasteiger partial charge on any atom is 0.405 e. The minimum absolute atomic E-state index is 0.0855. The predicted octanol–water partition coefficient (Wildman–Crippen LogP) is 3.13. The average molecular weight is 402 g/mol. The highest BCUT2D eigenvalue weighted by Crippen LogP contribution is 2.33. The highest BCUT2D eigenvalue weighted by Gasteiger charge is 2.41. The number of aromatic amines is 1. The van der Waals surface area contributed by atoms with E-state index in [0.717, 1.165) is 4.90 Å². The van der Waals surface area contributed by atoms with E-state index in [4.69, 9.17) is 11.0 Å². The summed E-state index contributed by atoms with van der Waals surface area (Å²) in [6, 6.07) is 5.12. The number of anilines is 1. The molecule has 0 bridgehead atoms. The van der Waals surface area contributed by atoms with Gasteiger partial charge in [0.15, 0.2) is 0 Å². The van der Waals surface area contributed by atoms with E-state index in [2.05, 4.69) is 15.0 Å². The minimum atomic E-state index is -4.56. The first-order valence-corrected chi connectivity index (χ1v) is 8.50. The number of fused-ring (bicyclic) bond motifs is 1. The van der Waals surface area contributed by atoms with E-state index in [1.165, 1.54) is 38.5 Å². The summed E-state index contributed by atoms with van der Waals surface area (Å²) >= 11 is 0. The molecule has 3 N–H and O–H groups in total. The molecule has 10 heteroatoms. The number of nitrogens with one attached hydrogen (secondary N) is 1. The van der Waals surface area contributed by atoms with Crippen LogP contribution in [0.3, 0.4) is 0 Å². The number of H-pyrrole nitrogens is 1. The first-order valence-electron chi connectivity index (χ1n) is 8.50. The molecule has 0 spiro atoms. The van der Waals surface area contributed by atoms with Crippen LogP contribution < -0.4 is 10.6 Å². The van der Waals surface area contributed by atoms with E-state index in [9.17, 15) is 18.0 Å². The van der Waals surface area contributed by atoms with Gasteiger partial charge < -0.3 is 15.6 Å². The van der Waals surface area contributed by atoms with Crippen molar-refractivity contribution in [2.24, 2.45) is 5.73 Å². The largest absolute Gasteiger partial charge is 0.405 e. The predicted molar refractivity (Wildman–Crippen MR) is 101 cm³/mol. The first kappa shape index (κ1) is 20.1. The fraction of sp³-hybridized carbons (Fsp3) is 0.263. The number of hydrogen-bond donors (Lipinski definition) is 2. The molecule has 0 aliphatic heterocycles.